The number of nitrogen functional groups attached to an aromatic ring is 1. The molecule has 3 rings (SSSR count). The third kappa shape index (κ3) is 5.25. The van der Waals surface area contributed by atoms with Crippen LogP contribution in [0.5, 0.6) is 0 Å². The molecule has 0 spiro atoms. The Morgan fingerprint density at radius 2 is 1.93 bits per heavy atom. The van der Waals surface area contributed by atoms with Crippen molar-refractivity contribution in [3.8, 4) is 0 Å². The van der Waals surface area contributed by atoms with Gasteiger partial charge in [-0.25, -0.2) is 14.6 Å². The highest BCUT2D eigenvalue weighted by atomic mass is 16.4. The molecule has 2 aromatic heterocycles. The van der Waals surface area contributed by atoms with Gasteiger partial charge >= 0.3 is 11.9 Å². The summed E-state index contributed by atoms with van der Waals surface area (Å²) in [6, 6.07) is -0.263. The summed E-state index contributed by atoms with van der Waals surface area (Å²) in [5.74, 6) is -2.89. The lowest BCUT2D eigenvalue weighted by Crippen LogP contribution is -2.17. The second-order valence-corrected chi connectivity index (χ2v) is 5.97. The van der Waals surface area contributed by atoms with Crippen molar-refractivity contribution in [1.29, 1.82) is 0 Å². The number of aliphatic hydroxyl groups excluding tert-OH is 2. The van der Waals surface area contributed by atoms with Gasteiger partial charge in [-0.2, -0.15) is 4.98 Å². The van der Waals surface area contributed by atoms with Crippen molar-refractivity contribution in [2.75, 3.05) is 12.3 Å². The number of aliphatic carboxylic acids is 2. The van der Waals surface area contributed by atoms with Crippen molar-refractivity contribution in [3.63, 3.8) is 0 Å². The molecule has 0 saturated heterocycles. The topological polar surface area (TPSA) is 236 Å². The van der Waals surface area contributed by atoms with E-state index in [9.17, 15) is 24.6 Å². The highest BCUT2D eigenvalue weighted by Gasteiger charge is 2.37. The molecule has 2 heterocycles. The van der Waals surface area contributed by atoms with E-state index in [1.165, 1.54) is 6.33 Å². The third-order valence-electron chi connectivity index (χ3n) is 4.19. The Labute approximate surface area is 162 Å². The van der Waals surface area contributed by atoms with Gasteiger partial charge in [0.05, 0.1) is 25.1 Å². The monoisotopic (exact) mass is 411 g/mol. The maximum Gasteiger partial charge on any atom is 0.328 e. The number of nitrogens with zero attached hydrogens (tertiary/aromatic N) is 3. The lowest BCUT2D eigenvalue weighted by Gasteiger charge is -2.15. The van der Waals surface area contributed by atoms with Gasteiger partial charge in [-0.05, 0) is 12.0 Å². The summed E-state index contributed by atoms with van der Waals surface area (Å²) >= 11 is 0. The number of aromatic amines is 1. The first-order valence-electron chi connectivity index (χ1n) is 7.99. The number of hydrogen-bond acceptors (Lipinski definition) is 8. The van der Waals surface area contributed by atoms with Gasteiger partial charge in [0, 0.05) is 18.1 Å². The van der Waals surface area contributed by atoms with Crippen LogP contribution < -0.4 is 11.3 Å². The molecule has 29 heavy (non-hydrogen) atoms. The minimum Gasteiger partial charge on any atom is -0.478 e. The number of nitrogens with one attached hydrogen (secondary N) is 1. The normalized spacial score (nSPS) is 20.9. The minimum absolute atomic E-state index is 0. The lowest BCUT2D eigenvalue weighted by atomic mass is 10.0. The first-order chi connectivity index (χ1) is 13.1. The summed E-state index contributed by atoms with van der Waals surface area (Å²) in [5.41, 5.74) is 6.37. The summed E-state index contributed by atoms with van der Waals surface area (Å²) in [4.78, 5) is 41.3. The number of aromatic nitrogens is 4. The van der Waals surface area contributed by atoms with Crippen LogP contribution in [0, 0.1) is 5.92 Å². The van der Waals surface area contributed by atoms with Crippen LogP contribution in [0.4, 0.5) is 5.95 Å². The van der Waals surface area contributed by atoms with E-state index in [1.807, 2.05) is 0 Å². The molecule has 158 valence electrons. The number of fused-ring (bicyclic) bond motifs is 1. The molecule has 0 bridgehead atoms. The number of carboxylic acid groups (broad SMARTS) is 2. The van der Waals surface area contributed by atoms with Crippen molar-refractivity contribution < 1.29 is 35.5 Å². The first-order valence-corrected chi connectivity index (χ1v) is 7.99. The van der Waals surface area contributed by atoms with Crippen molar-refractivity contribution in [2.24, 2.45) is 5.92 Å². The number of rotatable bonds is 4. The van der Waals surface area contributed by atoms with E-state index >= 15 is 0 Å². The van der Waals surface area contributed by atoms with Crippen molar-refractivity contribution >= 4 is 29.1 Å². The third-order valence-corrected chi connectivity index (χ3v) is 4.19. The zero-order valence-corrected chi connectivity index (χ0v) is 15.0. The summed E-state index contributed by atoms with van der Waals surface area (Å²) in [6.07, 6.45) is 2.32. The number of hydrogen-bond donors (Lipinski definition) is 6. The molecular weight excluding hydrogens is 390 g/mol. The second-order valence-electron chi connectivity index (χ2n) is 5.97. The van der Waals surface area contributed by atoms with Crippen LogP contribution in [0.25, 0.3) is 11.2 Å². The zero-order valence-electron chi connectivity index (χ0n) is 15.0. The highest BCUT2D eigenvalue weighted by Crippen LogP contribution is 2.39. The molecule has 9 N–H and O–H groups in total. The van der Waals surface area contributed by atoms with Crippen LogP contribution in [0.15, 0.2) is 35.4 Å². The fraction of sp³-hybridized carbons (Fsp3) is 0.312. The Morgan fingerprint density at radius 3 is 2.41 bits per heavy atom. The SMILES string of the molecule is C=C1[C@H](CO)[C@@H](O)C[C@@H]1n1cnc2c(=O)[nH]c(N)nc21.O.O=C(O)/C=C\C(=O)O. The van der Waals surface area contributed by atoms with Crippen LogP contribution in [0.2, 0.25) is 0 Å². The quantitative estimate of drug-likeness (QED) is 0.240. The second kappa shape index (κ2) is 9.59. The standard InChI is InChI=1S/C12H15N5O3.C4H4O4.H2O/c1-5-6(3-18)8(19)2-7(5)17-4-14-9-10(17)15-12(13)16-11(9)20;5-3(6)1-2-4(7)8;/h4,6-8,18-19H,1-3H2,(H3,13,15,16,20);1-2H,(H,5,6)(H,7,8);1H2/b;2-1-;/t6-,7-,8-;;/m0../s1. The molecule has 2 aromatic rings. The predicted molar refractivity (Wildman–Crippen MR) is 100.0 cm³/mol. The molecule has 1 saturated carbocycles. The number of aliphatic hydroxyl groups is 2. The smallest absolute Gasteiger partial charge is 0.328 e. The van der Waals surface area contributed by atoms with Gasteiger partial charge in [0.2, 0.25) is 5.95 Å². The first kappa shape index (κ1) is 23.5. The molecule has 1 aliphatic rings. The molecule has 0 aliphatic heterocycles. The van der Waals surface area contributed by atoms with Gasteiger partial charge in [0.25, 0.3) is 5.56 Å². The Balaban J connectivity index is 0.000000403. The summed E-state index contributed by atoms with van der Waals surface area (Å²) in [7, 11) is 0. The molecule has 13 nitrogen and oxygen atoms in total. The van der Waals surface area contributed by atoms with Crippen LogP contribution in [-0.2, 0) is 9.59 Å². The molecular formula is C16H21N5O8. The molecule has 0 radical (unpaired) electrons. The van der Waals surface area contributed by atoms with E-state index in [0.29, 0.717) is 29.8 Å². The van der Waals surface area contributed by atoms with Gasteiger partial charge < -0.3 is 36.2 Å². The fourth-order valence-electron chi connectivity index (χ4n) is 2.88. The van der Waals surface area contributed by atoms with Crippen molar-refractivity contribution in [1.82, 2.24) is 19.5 Å². The Kier molecular flexibility index (Phi) is 7.76. The van der Waals surface area contributed by atoms with Crippen LogP contribution in [-0.4, -0.2) is 70.1 Å². The van der Waals surface area contributed by atoms with Gasteiger partial charge in [-0.15, -0.1) is 0 Å². The number of nitrogens with two attached hydrogens (primary N) is 1. The van der Waals surface area contributed by atoms with Gasteiger partial charge in [0.15, 0.2) is 11.2 Å². The highest BCUT2D eigenvalue weighted by molar-refractivity contribution is 5.89. The van der Waals surface area contributed by atoms with E-state index in [2.05, 4.69) is 21.5 Å². The maximum atomic E-state index is 11.7. The Hall–Kier alpha value is -3.55. The molecule has 3 atom stereocenters. The van der Waals surface area contributed by atoms with E-state index < -0.39 is 23.6 Å². The average Bonchev–Trinajstić information content (AvgIpc) is 3.14. The summed E-state index contributed by atoms with van der Waals surface area (Å²) in [5, 5.41) is 34.9. The molecule has 0 aromatic carbocycles. The molecule has 0 amide bonds. The fourth-order valence-corrected chi connectivity index (χ4v) is 2.88. The largest absolute Gasteiger partial charge is 0.478 e. The Bertz CT molecular complexity index is 979. The Morgan fingerprint density at radius 1 is 1.34 bits per heavy atom. The predicted octanol–water partition coefficient (Wildman–Crippen LogP) is -1.94. The van der Waals surface area contributed by atoms with Crippen LogP contribution >= 0.6 is 0 Å². The van der Waals surface area contributed by atoms with Gasteiger partial charge in [-0.3, -0.25) is 9.78 Å². The number of anilines is 1. The van der Waals surface area contributed by atoms with Gasteiger partial charge in [-0.1, -0.05) is 6.58 Å². The van der Waals surface area contributed by atoms with E-state index in [4.69, 9.17) is 15.9 Å². The molecule has 0 unspecified atom stereocenters. The maximum absolute atomic E-state index is 11.7. The van der Waals surface area contributed by atoms with E-state index in [1.54, 1.807) is 4.57 Å². The van der Waals surface area contributed by atoms with E-state index in [-0.39, 0.29) is 35.5 Å². The van der Waals surface area contributed by atoms with E-state index in [0.717, 1.165) is 0 Å². The molecule has 1 fully saturated rings. The number of carbonyl (C=O) groups is 2. The lowest BCUT2D eigenvalue weighted by molar-refractivity contribution is -0.134. The molecule has 1 aliphatic carbocycles. The number of imidazole rings is 1. The number of H-pyrrole nitrogens is 1. The molecule has 13 heteroatoms. The van der Waals surface area contributed by atoms with Crippen molar-refractivity contribution in [3.05, 3.63) is 41.0 Å². The van der Waals surface area contributed by atoms with Crippen molar-refractivity contribution in [2.45, 2.75) is 18.6 Å². The minimum atomic E-state index is -1.26. The van der Waals surface area contributed by atoms with Crippen LogP contribution in [0.1, 0.15) is 12.5 Å². The van der Waals surface area contributed by atoms with Crippen LogP contribution in [0.3, 0.4) is 0 Å². The summed E-state index contributed by atoms with van der Waals surface area (Å²) < 4.78 is 1.67. The van der Waals surface area contributed by atoms with Gasteiger partial charge in [0.1, 0.15) is 0 Å². The zero-order chi connectivity index (χ0) is 21.0. The number of carboxylic acids is 2. The summed E-state index contributed by atoms with van der Waals surface area (Å²) in [6.45, 7) is 3.76. The average molecular weight is 411 g/mol.